The zero-order chi connectivity index (χ0) is 6.57. The molecular formula is C4H12O2P2. The Hall–Kier alpha value is 0.780. The van der Waals surface area contributed by atoms with Crippen LogP contribution < -0.4 is 0 Å². The molecule has 0 fully saturated rings. The summed E-state index contributed by atoms with van der Waals surface area (Å²) in [6.45, 7) is 8.03. The predicted molar refractivity (Wildman–Crippen MR) is 39.7 cm³/mol. The van der Waals surface area contributed by atoms with Crippen LogP contribution in [0, 0.1) is 0 Å². The first-order valence-corrected chi connectivity index (χ1v) is 6.63. The molecule has 0 aromatic carbocycles. The van der Waals surface area contributed by atoms with Gasteiger partial charge in [0.05, 0.1) is 16.3 Å². The van der Waals surface area contributed by atoms with Crippen molar-refractivity contribution in [3.8, 4) is 0 Å². The van der Waals surface area contributed by atoms with E-state index in [2.05, 4.69) is 0 Å². The second kappa shape index (κ2) is 4.64. The highest BCUT2D eigenvalue weighted by Crippen LogP contribution is 2.35. The van der Waals surface area contributed by atoms with E-state index in [1.54, 1.807) is 0 Å². The molecule has 0 aliphatic rings. The number of rotatable bonds is 3. The fraction of sp³-hybridized carbons (Fsp3) is 1.00. The van der Waals surface area contributed by atoms with Crippen LogP contribution in [0.5, 0.6) is 0 Å². The Morgan fingerprint density at radius 1 is 0.750 bits per heavy atom. The first kappa shape index (κ1) is 8.78. The largest absolute Gasteiger partial charge is 0.213 e. The third-order valence-corrected chi connectivity index (χ3v) is 1.19. The molecule has 0 atom stereocenters. The van der Waals surface area contributed by atoms with E-state index in [4.69, 9.17) is 9.35 Å². The molecule has 0 rings (SSSR count). The second-order valence-corrected chi connectivity index (χ2v) is 5.32. The summed E-state index contributed by atoms with van der Waals surface area (Å²) in [6, 6.07) is 0. The minimum atomic E-state index is -0.339. The molecule has 0 aromatic rings. The monoisotopic (exact) mass is 154 g/mol. The summed E-state index contributed by atoms with van der Waals surface area (Å²) < 4.78 is 9.79. The molecule has 0 aliphatic heterocycles. The van der Waals surface area contributed by atoms with Crippen LogP contribution in [0.15, 0.2) is 0 Å². The Morgan fingerprint density at radius 2 is 1.00 bits per heavy atom. The maximum absolute atomic E-state index is 4.90. The van der Waals surface area contributed by atoms with Crippen molar-refractivity contribution in [1.82, 2.24) is 0 Å². The highest BCUT2D eigenvalue weighted by molar-refractivity contribution is 7.53. The van der Waals surface area contributed by atoms with Crippen molar-refractivity contribution in [1.29, 1.82) is 0 Å². The fourth-order valence-electron chi connectivity index (χ4n) is 0.133. The summed E-state index contributed by atoms with van der Waals surface area (Å²) in [5.74, 6) is 0. The van der Waals surface area contributed by atoms with Crippen molar-refractivity contribution in [2.24, 2.45) is 0 Å². The van der Waals surface area contributed by atoms with Crippen LogP contribution in [0.25, 0.3) is 0 Å². The molecule has 0 saturated carbocycles. The van der Waals surface area contributed by atoms with Gasteiger partial charge >= 0.3 is 0 Å². The lowest BCUT2D eigenvalue weighted by Gasteiger charge is -2.07. The lowest BCUT2D eigenvalue weighted by molar-refractivity contribution is -0.0738. The zero-order valence-electron chi connectivity index (χ0n) is 5.71. The Bertz CT molecular complexity index is 48.0. The van der Waals surface area contributed by atoms with Gasteiger partial charge in [-0.2, -0.15) is 0 Å². The molecule has 2 nitrogen and oxygen atoms in total. The number of hydrogen-bond donors (Lipinski definition) is 0. The molecular weight excluding hydrogens is 142 g/mol. The van der Waals surface area contributed by atoms with Gasteiger partial charge in [-0.15, -0.1) is 0 Å². The van der Waals surface area contributed by atoms with E-state index >= 15 is 0 Å². The Kier molecular flexibility index (Phi) is 5.09. The lowest BCUT2D eigenvalue weighted by Crippen LogP contribution is -1.79. The molecule has 4 heteroatoms. The van der Waals surface area contributed by atoms with Crippen LogP contribution in [0.3, 0.4) is 0 Å². The second-order valence-electron chi connectivity index (χ2n) is 1.77. The summed E-state index contributed by atoms with van der Waals surface area (Å²) in [7, 11) is -0.678. The van der Waals surface area contributed by atoms with Crippen molar-refractivity contribution in [2.75, 3.05) is 26.7 Å². The first-order chi connectivity index (χ1) is 3.63. The smallest absolute Gasteiger partial charge is 0.0648 e. The van der Waals surface area contributed by atoms with E-state index in [9.17, 15) is 0 Å². The van der Waals surface area contributed by atoms with Crippen molar-refractivity contribution in [2.45, 2.75) is 0 Å². The van der Waals surface area contributed by atoms with E-state index in [0.29, 0.717) is 0 Å². The minimum absolute atomic E-state index is 0.339. The summed E-state index contributed by atoms with van der Waals surface area (Å²) in [6.07, 6.45) is 0. The van der Waals surface area contributed by atoms with Crippen molar-refractivity contribution < 1.29 is 9.35 Å². The van der Waals surface area contributed by atoms with Gasteiger partial charge in [-0.25, -0.2) is 9.35 Å². The molecule has 0 N–H and O–H groups in total. The van der Waals surface area contributed by atoms with Crippen molar-refractivity contribution in [3.63, 3.8) is 0 Å². The SMILES string of the molecule is CP(C)OOP(C)C. The maximum Gasteiger partial charge on any atom is 0.0648 e. The van der Waals surface area contributed by atoms with E-state index in [1.165, 1.54) is 0 Å². The normalized spacial score (nSPS) is 11.2. The molecule has 0 bridgehead atoms. The van der Waals surface area contributed by atoms with Crippen LogP contribution in [0.1, 0.15) is 0 Å². The van der Waals surface area contributed by atoms with E-state index in [0.717, 1.165) is 0 Å². The van der Waals surface area contributed by atoms with Crippen LogP contribution >= 0.6 is 16.3 Å². The molecule has 0 aromatic heterocycles. The van der Waals surface area contributed by atoms with Crippen molar-refractivity contribution in [3.05, 3.63) is 0 Å². The molecule has 0 aliphatic carbocycles. The van der Waals surface area contributed by atoms with Gasteiger partial charge < -0.3 is 0 Å². The standard InChI is InChI=1S/C4H12O2P2/c1-7(2)5-6-8(3)4/h1-4H3. The molecule has 0 radical (unpaired) electrons. The van der Waals surface area contributed by atoms with Gasteiger partial charge in [0.25, 0.3) is 0 Å². The summed E-state index contributed by atoms with van der Waals surface area (Å²) in [4.78, 5) is 0. The summed E-state index contributed by atoms with van der Waals surface area (Å²) in [5, 5.41) is 0. The zero-order valence-corrected chi connectivity index (χ0v) is 7.50. The molecule has 50 valence electrons. The topological polar surface area (TPSA) is 18.5 Å². The third kappa shape index (κ3) is 6.78. The fourth-order valence-corrected chi connectivity index (χ4v) is 1.20. The molecule has 0 heterocycles. The van der Waals surface area contributed by atoms with E-state index < -0.39 is 0 Å². The van der Waals surface area contributed by atoms with Crippen LogP contribution in [0.4, 0.5) is 0 Å². The first-order valence-electron chi connectivity index (χ1n) is 2.32. The van der Waals surface area contributed by atoms with Crippen molar-refractivity contribution >= 4 is 16.3 Å². The van der Waals surface area contributed by atoms with Crippen LogP contribution in [0.2, 0.25) is 0 Å². The molecule has 0 unspecified atom stereocenters. The minimum Gasteiger partial charge on any atom is -0.213 e. The maximum atomic E-state index is 4.90. The van der Waals surface area contributed by atoms with Gasteiger partial charge in [-0.1, -0.05) is 0 Å². The van der Waals surface area contributed by atoms with Gasteiger partial charge in [-0.3, -0.25) is 0 Å². The van der Waals surface area contributed by atoms with E-state index in [1.807, 2.05) is 26.7 Å². The third-order valence-electron chi connectivity index (χ3n) is 0.331. The van der Waals surface area contributed by atoms with Gasteiger partial charge in [0.2, 0.25) is 0 Å². The summed E-state index contributed by atoms with van der Waals surface area (Å²) in [5.41, 5.74) is 0. The summed E-state index contributed by atoms with van der Waals surface area (Å²) >= 11 is 0. The van der Waals surface area contributed by atoms with Gasteiger partial charge in [0.1, 0.15) is 0 Å². The number of hydrogen-bond acceptors (Lipinski definition) is 2. The quantitative estimate of drug-likeness (QED) is 0.352. The Labute approximate surface area is 53.2 Å². The van der Waals surface area contributed by atoms with Crippen LogP contribution in [-0.4, -0.2) is 26.7 Å². The highest BCUT2D eigenvalue weighted by atomic mass is 31.2. The average molecular weight is 154 g/mol. The molecule has 8 heavy (non-hydrogen) atoms. The Balaban J connectivity index is 2.93. The lowest BCUT2D eigenvalue weighted by atomic mass is 11.9. The van der Waals surface area contributed by atoms with E-state index in [-0.39, 0.29) is 16.3 Å². The van der Waals surface area contributed by atoms with Gasteiger partial charge in [0.15, 0.2) is 0 Å². The molecule has 0 spiro atoms. The molecule has 0 amide bonds. The van der Waals surface area contributed by atoms with Gasteiger partial charge in [-0.05, 0) is 26.7 Å². The highest BCUT2D eigenvalue weighted by Gasteiger charge is 1.95. The predicted octanol–water partition coefficient (Wildman–Crippen LogP) is 2.25. The molecule has 0 saturated heterocycles. The van der Waals surface area contributed by atoms with Crippen LogP contribution in [-0.2, 0) is 9.35 Å². The van der Waals surface area contributed by atoms with Gasteiger partial charge in [0, 0.05) is 0 Å². The average Bonchev–Trinajstić information content (AvgIpc) is 1.61. The Morgan fingerprint density at radius 3 is 1.12 bits per heavy atom.